The van der Waals surface area contributed by atoms with Gasteiger partial charge >= 0.3 is 0 Å². The van der Waals surface area contributed by atoms with Crippen molar-refractivity contribution in [2.75, 3.05) is 12.3 Å². The number of aliphatic imine (C=N–C) groups is 1. The molecule has 0 spiro atoms. The van der Waals surface area contributed by atoms with E-state index in [1.165, 1.54) is 11.3 Å². The summed E-state index contributed by atoms with van der Waals surface area (Å²) in [7, 11) is 2.50. The Morgan fingerprint density at radius 2 is 2.10 bits per heavy atom. The van der Waals surface area contributed by atoms with Gasteiger partial charge in [0.25, 0.3) is 5.91 Å². The van der Waals surface area contributed by atoms with Gasteiger partial charge in [-0.15, -0.1) is 20.6 Å². The summed E-state index contributed by atoms with van der Waals surface area (Å²) in [6, 6.07) is 8.48. The molecule has 0 aliphatic rings. The molecule has 1 aromatic carbocycles. The summed E-state index contributed by atoms with van der Waals surface area (Å²) >= 11 is 1.28. The average Bonchev–Trinajstić information content (AvgIpc) is 3.18. The van der Waals surface area contributed by atoms with E-state index in [1.54, 1.807) is 35.7 Å². The molecule has 0 saturated carbocycles. The second-order valence-corrected chi connectivity index (χ2v) is 8.40. The molecule has 9 heteroatoms. The minimum absolute atomic E-state index is 0.181. The van der Waals surface area contributed by atoms with Crippen molar-refractivity contribution in [3.8, 4) is 0 Å². The van der Waals surface area contributed by atoms with Crippen LogP contribution in [0.15, 0.2) is 52.0 Å². The highest BCUT2D eigenvalue weighted by molar-refractivity contribution is 7.28. The maximum atomic E-state index is 12.8. The van der Waals surface area contributed by atoms with Crippen molar-refractivity contribution in [3.05, 3.63) is 51.9 Å². The van der Waals surface area contributed by atoms with E-state index < -0.39 is 11.7 Å². The number of hydrogen-bond donors (Lipinski definition) is 5. The van der Waals surface area contributed by atoms with Gasteiger partial charge in [0.15, 0.2) is 5.76 Å². The van der Waals surface area contributed by atoms with Gasteiger partial charge in [0.05, 0.1) is 10.6 Å². The van der Waals surface area contributed by atoms with Gasteiger partial charge < -0.3 is 21.9 Å². The van der Waals surface area contributed by atoms with Crippen LogP contribution in [0.25, 0.3) is 0 Å². The van der Waals surface area contributed by atoms with Crippen LogP contribution in [-0.2, 0) is 4.79 Å². The van der Waals surface area contributed by atoms with Crippen molar-refractivity contribution in [1.29, 1.82) is 5.41 Å². The van der Waals surface area contributed by atoms with E-state index in [9.17, 15) is 9.90 Å². The quantitative estimate of drug-likeness (QED) is 0.110. The van der Waals surface area contributed by atoms with E-state index in [4.69, 9.17) is 16.9 Å². The third-order valence-electron chi connectivity index (χ3n) is 4.02. The Bertz CT molecular complexity index is 952. The number of nitrogens with one attached hydrogen (secondary N) is 2. The zero-order valence-electron chi connectivity index (χ0n) is 16.4. The number of anilines is 1. The minimum atomic E-state index is -0.577. The fourth-order valence-corrected chi connectivity index (χ4v) is 3.46. The van der Waals surface area contributed by atoms with Crippen LogP contribution in [0.1, 0.15) is 25.1 Å². The zero-order valence-corrected chi connectivity index (χ0v) is 18.4. The molecule has 0 aliphatic heterocycles. The second-order valence-electron chi connectivity index (χ2n) is 6.83. The van der Waals surface area contributed by atoms with Gasteiger partial charge in [-0.05, 0) is 47.3 Å². The molecule has 1 aromatic heterocycles. The Morgan fingerprint density at radius 3 is 2.69 bits per heavy atom. The first-order valence-electron chi connectivity index (χ1n) is 9.04. The highest BCUT2D eigenvalue weighted by Crippen LogP contribution is 2.19. The van der Waals surface area contributed by atoms with Crippen LogP contribution in [0.3, 0.4) is 0 Å². The molecule has 0 aliphatic carbocycles. The second kappa shape index (κ2) is 10.2. The number of benzene rings is 1. The molecule has 29 heavy (non-hydrogen) atoms. The molecule has 0 bridgehead atoms. The van der Waals surface area contributed by atoms with Crippen molar-refractivity contribution in [1.82, 2.24) is 5.32 Å². The lowest BCUT2D eigenvalue weighted by Crippen LogP contribution is -2.35. The third kappa shape index (κ3) is 6.14. The van der Waals surface area contributed by atoms with Crippen LogP contribution in [-0.4, -0.2) is 29.1 Å². The molecule has 2 rings (SSSR count). The van der Waals surface area contributed by atoms with Crippen LogP contribution in [0, 0.1) is 11.3 Å². The van der Waals surface area contributed by atoms with E-state index in [-0.39, 0.29) is 17.1 Å². The summed E-state index contributed by atoms with van der Waals surface area (Å²) in [6.45, 7) is 4.51. The Kier molecular flexibility index (Phi) is 7.93. The van der Waals surface area contributed by atoms with Crippen molar-refractivity contribution in [2.24, 2.45) is 16.6 Å². The van der Waals surface area contributed by atoms with Crippen molar-refractivity contribution in [3.63, 3.8) is 0 Å². The molecule has 1 amide bonds. The van der Waals surface area contributed by atoms with Gasteiger partial charge in [-0.1, -0.05) is 19.9 Å². The van der Waals surface area contributed by atoms with Crippen LogP contribution < -0.4 is 22.1 Å². The monoisotopic (exact) mass is 431 g/mol. The number of amidine groups is 1. The number of thiophene rings is 1. The van der Waals surface area contributed by atoms with E-state index >= 15 is 0 Å². The predicted octanol–water partition coefficient (Wildman–Crippen LogP) is 2.86. The molecule has 0 radical (unpaired) electrons. The summed E-state index contributed by atoms with van der Waals surface area (Å²) in [5, 5.41) is 24.2. The van der Waals surface area contributed by atoms with Gasteiger partial charge in [-0.2, -0.15) is 0 Å². The number of hydrogen-bond acceptors (Lipinski definition) is 6. The maximum absolute atomic E-state index is 12.8. The minimum Gasteiger partial charge on any atom is -0.505 e. The lowest BCUT2D eigenvalue weighted by atomic mass is 10.1. The first kappa shape index (κ1) is 22.6. The van der Waals surface area contributed by atoms with Crippen molar-refractivity contribution < 1.29 is 9.90 Å². The summed E-state index contributed by atoms with van der Waals surface area (Å²) in [6.07, 6.45) is 0.771. The third-order valence-corrected chi connectivity index (χ3v) is 5.37. The van der Waals surface area contributed by atoms with Gasteiger partial charge in [0.1, 0.15) is 17.1 Å². The molecule has 154 valence electrons. The molecule has 7 N–H and O–H groups in total. The first-order chi connectivity index (χ1) is 13.7. The van der Waals surface area contributed by atoms with E-state index in [0.29, 0.717) is 34.0 Å². The largest absolute Gasteiger partial charge is 0.505 e. The number of aliphatic hydroxyl groups is 1. The highest BCUT2D eigenvalue weighted by Gasteiger charge is 2.23. The number of nitrogens with two attached hydrogens (primary N) is 2. The number of carbonyl (C=O) groups excluding carboxylic acids is 1. The van der Waals surface area contributed by atoms with Crippen molar-refractivity contribution in [2.45, 2.75) is 20.3 Å². The first-order valence-corrected chi connectivity index (χ1v) is 10.5. The Hall–Kier alpha value is -2.70. The van der Waals surface area contributed by atoms with E-state index in [2.05, 4.69) is 19.5 Å². The number of nitrogens with zero attached hydrogens (tertiary/aromatic N) is 1. The molecule has 1 heterocycles. The number of amides is 1. The van der Waals surface area contributed by atoms with Gasteiger partial charge in [-0.25, -0.2) is 4.99 Å². The molecular weight excluding hydrogens is 405 g/mol. The fourth-order valence-electron chi connectivity index (χ4n) is 2.43. The molecule has 0 fully saturated rings. The Morgan fingerprint density at radius 1 is 1.38 bits per heavy atom. The molecular formula is C20H26N5O2PS. The van der Waals surface area contributed by atoms with E-state index in [1.807, 2.05) is 13.8 Å². The topological polar surface area (TPSA) is 138 Å². The standard InChI is InChI=1S/C20H26N5O2PS/c1-11(2)7-8-24-20(27)16(18(26)17(22)15-4-3-9-29-15)19(23)25-13-6-5-12(21)10-14(13)28/h3-6,9-11,22,26H,7-8,21,28H2,1-2H3,(H2,23,25)(H,24,27)/b18-16+,22-17?. The van der Waals surface area contributed by atoms with Crippen LogP contribution >= 0.6 is 20.6 Å². The number of aliphatic hydroxyl groups excluding tert-OH is 1. The number of nitrogen functional groups attached to an aromatic ring is 1. The number of allylic oxidation sites excluding steroid dienone is 1. The van der Waals surface area contributed by atoms with Crippen LogP contribution in [0.2, 0.25) is 0 Å². The van der Waals surface area contributed by atoms with Crippen LogP contribution in [0.5, 0.6) is 0 Å². The van der Waals surface area contributed by atoms with Gasteiger partial charge in [0, 0.05) is 12.2 Å². The summed E-state index contributed by atoms with van der Waals surface area (Å²) in [5.41, 5.74) is 12.5. The molecule has 0 saturated heterocycles. The SMILES string of the molecule is CC(C)CCNC(=O)/C(C(N)=Nc1ccc(N)cc1P)=C(/O)C(=N)c1cccs1. The lowest BCUT2D eigenvalue weighted by molar-refractivity contribution is -0.117. The summed E-state index contributed by atoms with van der Waals surface area (Å²) in [5.74, 6) is -0.872. The number of carbonyl (C=O) groups is 1. The van der Waals surface area contributed by atoms with Gasteiger partial charge in [-0.3, -0.25) is 10.2 Å². The average molecular weight is 432 g/mol. The lowest BCUT2D eigenvalue weighted by Gasteiger charge is -2.13. The molecule has 2 aromatic rings. The summed E-state index contributed by atoms with van der Waals surface area (Å²) < 4.78 is 0. The Labute approximate surface area is 176 Å². The van der Waals surface area contributed by atoms with Crippen LogP contribution in [0.4, 0.5) is 11.4 Å². The number of rotatable bonds is 8. The molecule has 7 nitrogen and oxygen atoms in total. The normalized spacial score (nSPS) is 12.6. The molecule has 1 unspecified atom stereocenters. The predicted molar refractivity (Wildman–Crippen MR) is 125 cm³/mol. The molecule has 1 atom stereocenters. The fraction of sp³-hybridized carbons (Fsp3) is 0.250. The summed E-state index contributed by atoms with van der Waals surface area (Å²) in [4.78, 5) is 17.6. The Balaban J connectivity index is 2.45. The van der Waals surface area contributed by atoms with Crippen molar-refractivity contribution >= 4 is 54.7 Å². The smallest absolute Gasteiger partial charge is 0.258 e. The highest BCUT2D eigenvalue weighted by atomic mass is 32.1. The van der Waals surface area contributed by atoms with E-state index in [0.717, 1.165) is 6.42 Å². The zero-order chi connectivity index (χ0) is 21.6. The maximum Gasteiger partial charge on any atom is 0.258 e. The van der Waals surface area contributed by atoms with Gasteiger partial charge in [0.2, 0.25) is 0 Å².